The van der Waals surface area contributed by atoms with Crippen LogP contribution in [0.15, 0.2) is 53.5 Å². The molecular weight excluding hydrogens is 378 g/mol. The van der Waals surface area contributed by atoms with Gasteiger partial charge in [0.15, 0.2) is 5.96 Å². The lowest BCUT2D eigenvalue weighted by Gasteiger charge is -2.37. The fourth-order valence-electron chi connectivity index (χ4n) is 3.56. The number of benzene rings is 2. The van der Waals surface area contributed by atoms with E-state index in [1.807, 2.05) is 49.4 Å². The Morgan fingerprint density at radius 3 is 2.43 bits per heavy atom. The summed E-state index contributed by atoms with van der Waals surface area (Å²) in [7, 11) is 0. The number of carbonyl (C=O) groups is 1. The monoisotopic (exact) mass is 409 g/mol. The van der Waals surface area contributed by atoms with Crippen molar-refractivity contribution < 1.29 is 9.90 Å². The number of rotatable bonds is 6. The lowest BCUT2D eigenvalue weighted by molar-refractivity contribution is 0.0955. The number of phenols is 1. The molecule has 0 atom stereocenters. The molecule has 1 heterocycles. The summed E-state index contributed by atoms with van der Waals surface area (Å²) in [6.07, 6.45) is 0. The first kappa shape index (κ1) is 21.5. The third-order valence-corrected chi connectivity index (χ3v) is 5.07. The zero-order valence-electron chi connectivity index (χ0n) is 17.8. The average Bonchev–Trinajstić information content (AvgIpc) is 2.77. The molecule has 1 saturated heterocycles. The molecule has 0 unspecified atom stereocenters. The van der Waals surface area contributed by atoms with Crippen LogP contribution in [0.25, 0.3) is 0 Å². The Hall–Kier alpha value is -3.22. The van der Waals surface area contributed by atoms with E-state index in [2.05, 4.69) is 27.4 Å². The van der Waals surface area contributed by atoms with Gasteiger partial charge in [0.05, 0.1) is 12.2 Å². The molecule has 0 aromatic heterocycles. The molecule has 1 aliphatic rings. The number of nitrogens with one attached hydrogen (secondary N) is 2. The van der Waals surface area contributed by atoms with Gasteiger partial charge in [-0.25, -0.2) is 4.99 Å². The fourth-order valence-corrected chi connectivity index (χ4v) is 3.56. The van der Waals surface area contributed by atoms with E-state index in [0.29, 0.717) is 24.4 Å². The van der Waals surface area contributed by atoms with Crippen LogP contribution in [0.2, 0.25) is 0 Å². The maximum absolute atomic E-state index is 12.1. The van der Waals surface area contributed by atoms with Crippen molar-refractivity contribution in [3.63, 3.8) is 0 Å². The Bertz CT molecular complexity index is 875. The average molecular weight is 410 g/mol. The smallest absolute Gasteiger partial charge is 0.251 e. The van der Waals surface area contributed by atoms with Crippen LogP contribution in [-0.4, -0.2) is 61.1 Å². The van der Waals surface area contributed by atoms with Gasteiger partial charge in [0.25, 0.3) is 5.91 Å². The van der Waals surface area contributed by atoms with Crippen molar-refractivity contribution in [2.45, 2.75) is 20.4 Å². The molecule has 0 radical (unpaired) electrons. The Balaban J connectivity index is 1.65. The second-order valence-corrected chi connectivity index (χ2v) is 7.19. The van der Waals surface area contributed by atoms with E-state index in [0.717, 1.165) is 49.9 Å². The lowest BCUT2D eigenvalue weighted by Crippen LogP contribution is -2.52. The molecule has 7 heteroatoms. The van der Waals surface area contributed by atoms with Gasteiger partial charge in [-0.1, -0.05) is 24.3 Å². The van der Waals surface area contributed by atoms with E-state index in [9.17, 15) is 9.90 Å². The van der Waals surface area contributed by atoms with Gasteiger partial charge in [0.1, 0.15) is 5.75 Å². The second-order valence-electron chi connectivity index (χ2n) is 7.19. The molecule has 30 heavy (non-hydrogen) atoms. The van der Waals surface area contributed by atoms with E-state index < -0.39 is 0 Å². The van der Waals surface area contributed by atoms with Crippen molar-refractivity contribution in [1.29, 1.82) is 0 Å². The van der Waals surface area contributed by atoms with Crippen LogP contribution in [0.3, 0.4) is 0 Å². The standard InChI is InChI=1S/C23H31N5O2/c1-3-24-22(30)19-9-7-8-18(16-19)17-26-23(25-4-2)28-14-12-27(13-15-28)20-10-5-6-11-21(20)29/h5-11,16,29H,3-4,12-15,17H2,1-2H3,(H,24,30)(H,25,26). The van der Waals surface area contributed by atoms with Gasteiger partial charge in [-0.05, 0) is 43.7 Å². The van der Waals surface area contributed by atoms with Gasteiger partial charge in [-0.3, -0.25) is 4.79 Å². The number of carbonyl (C=O) groups excluding carboxylic acids is 1. The van der Waals surface area contributed by atoms with Crippen molar-refractivity contribution in [3.05, 3.63) is 59.7 Å². The first-order valence-electron chi connectivity index (χ1n) is 10.6. The first-order valence-corrected chi connectivity index (χ1v) is 10.6. The molecule has 1 amide bonds. The zero-order valence-corrected chi connectivity index (χ0v) is 17.8. The molecule has 7 nitrogen and oxygen atoms in total. The molecule has 160 valence electrons. The highest BCUT2D eigenvalue weighted by Gasteiger charge is 2.21. The number of aliphatic imine (C=N–C) groups is 1. The Morgan fingerprint density at radius 2 is 1.73 bits per heavy atom. The van der Waals surface area contributed by atoms with Crippen LogP contribution >= 0.6 is 0 Å². The molecule has 0 aliphatic carbocycles. The zero-order chi connectivity index (χ0) is 21.3. The number of nitrogens with zero attached hydrogens (tertiary/aromatic N) is 3. The number of phenolic OH excluding ortho intramolecular Hbond substituents is 1. The van der Waals surface area contributed by atoms with Crippen LogP contribution < -0.4 is 15.5 Å². The second kappa shape index (κ2) is 10.5. The molecule has 0 saturated carbocycles. The molecule has 0 bridgehead atoms. The van der Waals surface area contributed by atoms with Crippen molar-refractivity contribution in [2.75, 3.05) is 44.2 Å². The van der Waals surface area contributed by atoms with Gasteiger partial charge >= 0.3 is 0 Å². The summed E-state index contributed by atoms with van der Waals surface area (Å²) >= 11 is 0. The van der Waals surface area contributed by atoms with Crippen molar-refractivity contribution >= 4 is 17.6 Å². The Morgan fingerprint density at radius 1 is 1.00 bits per heavy atom. The predicted octanol–water partition coefficient (Wildman–Crippen LogP) is 2.43. The third kappa shape index (κ3) is 5.43. The van der Waals surface area contributed by atoms with Gasteiger partial charge < -0.3 is 25.5 Å². The highest BCUT2D eigenvalue weighted by Crippen LogP contribution is 2.27. The predicted molar refractivity (Wildman–Crippen MR) is 121 cm³/mol. The van der Waals surface area contributed by atoms with Crippen molar-refractivity contribution in [3.8, 4) is 5.75 Å². The number of piperazine rings is 1. The summed E-state index contributed by atoms with van der Waals surface area (Å²) in [5, 5.41) is 16.3. The van der Waals surface area contributed by atoms with Crippen LogP contribution in [0.4, 0.5) is 5.69 Å². The molecule has 3 N–H and O–H groups in total. The topological polar surface area (TPSA) is 80.2 Å². The molecule has 1 fully saturated rings. The fraction of sp³-hybridized carbons (Fsp3) is 0.391. The van der Waals surface area contributed by atoms with Crippen LogP contribution in [0, 0.1) is 0 Å². The Kier molecular flexibility index (Phi) is 7.54. The van der Waals surface area contributed by atoms with E-state index in [4.69, 9.17) is 4.99 Å². The third-order valence-electron chi connectivity index (χ3n) is 5.07. The van der Waals surface area contributed by atoms with Crippen molar-refractivity contribution in [2.24, 2.45) is 4.99 Å². The van der Waals surface area contributed by atoms with Gasteiger partial charge in [-0.2, -0.15) is 0 Å². The molecule has 2 aromatic rings. The maximum atomic E-state index is 12.1. The minimum absolute atomic E-state index is 0.0597. The number of anilines is 1. The number of hydrogen-bond donors (Lipinski definition) is 3. The SMILES string of the molecule is CCNC(=O)c1cccc(CN=C(NCC)N2CCN(c3ccccc3O)CC2)c1. The van der Waals surface area contributed by atoms with Gasteiger partial charge in [0, 0.05) is 44.8 Å². The van der Waals surface area contributed by atoms with Crippen LogP contribution in [-0.2, 0) is 6.54 Å². The molecule has 1 aliphatic heterocycles. The number of aromatic hydroxyl groups is 1. The van der Waals surface area contributed by atoms with E-state index in [-0.39, 0.29) is 5.91 Å². The molecule has 0 spiro atoms. The summed E-state index contributed by atoms with van der Waals surface area (Å²) in [6.45, 7) is 9.14. The first-order chi connectivity index (χ1) is 14.6. The summed E-state index contributed by atoms with van der Waals surface area (Å²) in [5.74, 6) is 1.13. The van der Waals surface area contributed by atoms with Crippen molar-refractivity contribution in [1.82, 2.24) is 15.5 Å². The van der Waals surface area contributed by atoms with Gasteiger partial charge in [0.2, 0.25) is 0 Å². The van der Waals surface area contributed by atoms with Gasteiger partial charge in [-0.15, -0.1) is 0 Å². The van der Waals surface area contributed by atoms with E-state index >= 15 is 0 Å². The largest absolute Gasteiger partial charge is 0.506 e. The number of hydrogen-bond acceptors (Lipinski definition) is 4. The highest BCUT2D eigenvalue weighted by atomic mass is 16.3. The quantitative estimate of drug-likeness (QED) is 0.504. The number of para-hydroxylation sites is 2. The van der Waals surface area contributed by atoms with Crippen LogP contribution in [0.5, 0.6) is 5.75 Å². The number of guanidine groups is 1. The summed E-state index contributed by atoms with van der Waals surface area (Å²) in [5.41, 5.74) is 2.54. The van der Waals surface area contributed by atoms with Crippen LogP contribution in [0.1, 0.15) is 29.8 Å². The highest BCUT2D eigenvalue weighted by molar-refractivity contribution is 5.94. The number of amides is 1. The lowest BCUT2D eigenvalue weighted by atomic mass is 10.1. The minimum atomic E-state index is -0.0597. The molecule has 2 aromatic carbocycles. The molecular formula is C23H31N5O2. The minimum Gasteiger partial charge on any atom is -0.506 e. The molecule has 3 rings (SSSR count). The summed E-state index contributed by atoms with van der Waals surface area (Å²) < 4.78 is 0. The Labute approximate surface area is 178 Å². The van der Waals surface area contributed by atoms with E-state index in [1.165, 1.54) is 0 Å². The summed E-state index contributed by atoms with van der Waals surface area (Å²) in [4.78, 5) is 21.3. The maximum Gasteiger partial charge on any atom is 0.251 e. The van der Waals surface area contributed by atoms with E-state index in [1.54, 1.807) is 6.07 Å². The normalized spacial score (nSPS) is 14.5. The summed E-state index contributed by atoms with van der Waals surface area (Å²) in [6, 6.07) is 15.1.